The number of phosphoric ester groups is 2. The smallest absolute Gasteiger partial charge is 0.462 e. The monoisotopic (exact) mass is 1370 g/mol. The molecule has 0 aliphatic heterocycles. The summed E-state index contributed by atoms with van der Waals surface area (Å²) in [6.45, 7) is 7.24. The quantitative estimate of drug-likeness (QED) is 0.0222. The molecule has 0 saturated heterocycles. The van der Waals surface area contributed by atoms with E-state index in [1.807, 2.05) is 0 Å². The molecule has 0 spiro atoms. The Morgan fingerprint density at radius 1 is 0.290 bits per heavy atom. The highest BCUT2D eigenvalue weighted by Gasteiger charge is 2.30. The van der Waals surface area contributed by atoms with Crippen molar-refractivity contribution in [1.82, 2.24) is 0 Å². The van der Waals surface area contributed by atoms with E-state index >= 15 is 0 Å². The maximum Gasteiger partial charge on any atom is 0.472 e. The van der Waals surface area contributed by atoms with E-state index in [0.29, 0.717) is 25.7 Å². The average molecular weight is 1370 g/mol. The van der Waals surface area contributed by atoms with Crippen LogP contribution in [0.3, 0.4) is 0 Å². The van der Waals surface area contributed by atoms with Crippen LogP contribution in [0.5, 0.6) is 0 Å². The minimum atomic E-state index is -4.95. The van der Waals surface area contributed by atoms with Crippen molar-refractivity contribution >= 4 is 39.5 Å². The highest BCUT2D eigenvalue weighted by atomic mass is 31.2. The number of carbonyl (C=O) groups excluding carboxylic acids is 4. The van der Waals surface area contributed by atoms with Gasteiger partial charge in [0.1, 0.15) is 19.3 Å². The number of carbonyl (C=O) groups is 4. The number of aliphatic hydroxyl groups excluding tert-OH is 1. The molecular formula is C74H144O17P2. The van der Waals surface area contributed by atoms with Gasteiger partial charge in [-0.2, -0.15) is 0 Å². The van der Waals surface area contributed by atoms with Crippen LogP contribution < -0.4 is 0 Å². The number of hydrogen-bond acceptors (Lipinski definition) is 15. The average Bonchev–Trinajstić information content (AvgIpc) is 2.73. The predicted molar refractivity (Wildman–Crippen MR) is 377 cm³/mol. The first kappa shape index (κ1) is 91.1. The lowest BCUT2D eigenvalue weighted by molar-refractivity contribution is -0.161. The Morgan fingerprint density at radius 2 is 0.495 bits per heavy atom. The summed E-state index contributed by atoms with van der Waals surface area (Å²) in [6.07, 6.45) is 55.5. The van der Waals surface area contributed by atoms with Gasteiger partial charge in [0.25, 0.3) is 0 Å². The fraction of sp³-hybridized carbons (Fsp3) is 0.946. The Balaban J connectivity index is 5.19. The van der Waals surface area contributed by atoms with Crippen LogP contribution >= 0.6 is 15.6 Å². The van der Waals surface area contributed by atoms with Gasteiger partial charge in [-0.05, 0) is 31.6 Å². The fourth-order valence-corrected chi connectivity index (χ4v) is 12.9. The molecular weight excluding hydrogens is 1220 g/mol. The Kier molecular flexibility index (Phi) is 65.9. The second-order valence-electron chi connectivity index (χ2n) is 27.2. The summed E-state index contributed by atoms with van der Waals surface area (Å²) in [5.41, 5.74) is 0. The van der Waals surface area contributed by atoms with E-state index in [1.165, 1.54) is 212 Å². The van der Waals surface area contributed by atoms with Gasteiger partial charge in [-0.15, -0.1) is 0 Å². The third kappa shape index (κ3) is 68.4. The largest absolute Gasteiger partial charge is 0.472 e. The zero-order valence-corrected chi connectivity index (χ0v) is 62.2. The van der Waals surface area contributed by atoms with Crippen LogP contribution in [0, 0.1) is 5.92 Å². The fourth-order valence-electron chi connectivity index (χ4n) is 11.4. The van der Waals surface area contributed by atoms with E-state index in [1.54, 1.807) is 0 Å². The molecule has 17 nitrogen and oxygen atoms in total. The van der Waals surface area contributed by atoms with Crippen molar-refractivity contribution in [2.45, 2.75) is 406 Å². The molecule has 93 heavy (non-hydrogen) atoms. The van der Waals surface area contributed by atoms with Crippen LogP contribution in [0.2, 0.25) is 0 Å². The zero-order chi connectivity index (χ0) is 68.4. The third-order valence-electron chi connectivity index (χ3n) is 17.3. The molecule has 0 aliphatic carbocycles. The molecule has 3 N–H and O–H groups in total. The lowest BCUT2D eigenvalue weighted by Gasteiger charge is -2.21. The van der Waals surface area contributed by atoms with E-state index in [4.69, 9.17) is 37.0 Å². The molecule has 5 atom stereocenters. The number of ether oxygens (including phenoxy) is 4. The number of aliphatic hydroxyl groups is 1. The first-order chi connectivity index (χ1) is 45.0. The normalized spacial score (nSPS) is 14.0. The van der Waals surface area contributed by atoms with Crippen molar-refractivity contribution < 1.29 is 80.2 Å². The molecule has 0 aromatic heterocycles. The van der Waals surface area contributed by atoms with E-state index in [2.05, 4.69) is 34.6 Å². The van der Waals surface area contributed by atoms with E-state index < -0.39 is 97.5 Å². The molecule has 0 saturated carbocycles. The van der Waals surface area contributed by atoms with Gasteiger partial charge in [-0.3, -0.25) is 37.3 Å². The summed E-state index contributed by atoms with van der Waals surface area (Å²) in [7, 11) is -9.90. The van der Waals surface area contributed by atoms with Gasteiger partial charge in [0, 0.05) is 25.7 Å². The Labute approximate surface area is 568 Å². The van der Waals surface area contributed by atoms with E-state index in [0.717, 1.165) is 95.8 Å². The first-order valence-corrected chi connectivity index (χ1v) is 41.6. The Bertz CT molecular complexity index is 1790. The van der Waals surface area contributed by atoms with Crippen molar-refractivity contribution in [3.63, 3.8) is 0 Å². The zero-order valence-electron chi connectivity index (χ0n) is 60.4. The van der Waals surface area contributed by atoms with Crippen LogP contribution in [-0.2, 0) is 65.4 Å². The summed E-state index contributed by atoms with van der Waals surface area (Å²) in [5.74, 6) is -1.37. The summed E-state index contributed by atoms with van der Waals surface area (Å²) in [5, 5.41) is 10.6. The molecule has 0 aliphatic rings. The van der Waals surface area contributed by atoms with Gasteiger partial charge in [0.15, 0.2) is 12.2 Å². The van der Waals surface area contributed by atoms with Gasteiger partial charge < -0.3 is 33.8 Å². The molecule has 0 aromatic carbocycles. The maximum absolute atomic E-state index is 13.1. The topological polar surface area (TPSA) is 237 Å². The van der Waals surface area contributed by atoms with Crippen molar-refractivity contribution in [3.8, 4) is 0 Å². The lowest BCUT2D eigenvalue weighted by Crippen LogP contribution is -2.30. The second-order valence-corrected chi connectivity index (χ2v) is 30.1. The Morgan fingerprint density at radius 3 is 0.731 bits per heavy atom. The third-order valence-corrected chi connectivity index (χ3v) is 19.2. The molecule has 2 unspecified atom stereocenters. The van der Waals surface area contributed by atoms with Gasteiger partial charge >= 0.3 is 39.5 Å². The molecule has 0 rings (SSSR count). The number of unbranched alkanes of at least 4 members (excludes halogenated alkanes) is 46. The number of hydrogen-bond donors (Lipinski definition) is 3. The van der Waals surface area contributed by atoms with Gasteiger partial charge in [-0.25, -0.2) is 9.13 Å². The van der Waals surface area contributed by atoms with E-state index in [-0.39, 0.29) is 25.7 Å². The van der Waals surface area contributed by atoms with Crippen LogP contribution in [0.15, 0.2) is 0 Å². The van der Waals surface area contributed by atoms with Crippen molar-refractivity contribution in [1.29, 1.82) is 0 Å². The predicted octanol–water partition coefficient (Wildman–Crippen LogP) is 21.7. The number of rotatable bonds is 74. The molecule has 0 amide bonds. The molecule has 0 fully saturated rings. The lowest BCUT2D eigenvalue weighted by atomic mass is 10.0. The minimum absolute atomic E-state index is 0.107. The van der Waals surface area contributed by atoms with Gasteiger partial charge in [0.2, 0.25) is 0 Å². The van der Waals surface area contributed by atoms with Crippen LogP contribution in [0.1, 0.15) is 388 Å². The van der Waals surface area contributed by atoms with E-state index in [9.17, 15) is 43.2 Å². The second kappa shape index (κ2) is 67.3. The van der Waals surface area contributed by atoms with Crippen molar-refractivity contribution in [3.05, 3.63) is 0 Å². The minimum Gasteiger partial charge on any atom is -0.462 e. The van der Waals surface area contributed by atoms with Crippen LogP contribution in [-0.4, -0.2) is 96.7 Å². The van der Waals surface area contributed by atoms with Crippen LogP contribution in [0.25, 0.3) is 0 Å². The highest BCUT2D eigenvalue weighted by molar-refractivity contribution is 7.47. The maximum atomic E-state index is 13.1. The molecule has 19 heteroatoms. The summed E-state index contributed by atoms with van der Waals surface area (Å²) < 4.78 is 68.4. The summed E-state index contributed by atoms with van der Waals surface area (Å²) >= 11 is 0. The van der Waals surface area contributed by atoms with Crippen molar-refractivity contribution in [2.75, 3.05) is 39.6 Å². The standard InChI is InChI=1S/C74H144O17P2/c1-6-9-12-15-18-21-23-25-26-27-28-29-30-31-32-34-39-45-50-55-60-74(79)91-70(64-85-72(77)58-53-48-43-40-35-37-41-46-51-56-67(4)5)66-89-93(82,83)87-62-68(75)61-86-92(80,81)88-65-69(63-84-71(76)57-52-47-42-36-20-17-14-11-8-3)90-73(78)59-54-49-44-38-33-24-22-19-16-13-10-7-2/h67-70,75H,6-66H2,1-5H3,(H,80,81)(H,82,83)/t68-,69+,70+/m0/s1. The number of phosphoric acid groups is 2. The van der Waals surface area contributed by atoms with Gasteiger partial charge in [-0.1, -0.05) is 336 Å². The Hall–Kier alpha value is -1.94. The number of esters is 4. The summed E-state index contributed by atoms with van der Waals surface area (Å²) in [4.78, 5) is 72.6. The van der Waals surface area contributed by atoms with Gasteiger partial charge in [0.05, 0.1) is 26.4 Å². The highest BCUT2D eigenvalue weighted by Crippen LogP contribution is 2.45. The first-order valence-electron chi connectivity index (χ1n) is 38.6. The van der Waals surface area contributed by atoms with Crippen LogP contribution in [0.4, 0.5) is 0 Å². The molecule has 0 radical (unpaired) electrons. The molecule has 0 heterocycles. The molecule has 552 valence electrons. The van der Waals surface area contributed by atoms with Crippen molar-refractivity contribution in [2.24, 2.45) is 5.92 Å². The molecule has 0 aromatic rings. The molecule has 0 bridgehead atoms. The SMILES string of the molecule is CCCCCCCCCCCCCCCCCCCCCCC(=O)O[C@H](COC(=O)CCCCCCCCCCCC(C)C)COP(=O)(O)OC[C@@H](O)COP(=O)(O)OC[C@@H](COC(=O)CCCCCCCCCCC)OC(=O)CCCCCCCCCCCCCC. The summed E-state index contributed by atoms with van der Waals surface area (Å²) in [6, 6.07) is 0.